The van der Waals surface area contributed by atoms with Crippen LogP contribution in [0.25, 0.3) is 0 Å². The normalized spacial score (nSPS) is 7.50. The SMILES string of the molecule is N#CNC(=O)CCC(=O)NC#N. The molecule has 0 saturated carbocycles. The number of nitrogens with zero attached hydrogens (tertiary/aromatic N) is 2. The lowest BCUT2D eigenvalue weighted by Crippen LogP contribution is -2.22. The largest absolute Gasteiger partial charge is 0.274 e. The Morgan fingerprint density at radius 3 is 1.58 bits per heavy atom. The first kappa shape index (κ1) is 9.92. The molecule has 2 amide bonds. The number of carbonyl (C=O) groups excluding carboxylic acids is 2. The maximum Gasteiger partial charge on any atom is 0.233 e. The molecule has 0 aliphatic carbocycles. The van der Waals surface area contributed by atoms with Crippen molar-refractivity contribution < 1.29 is 9.59 Å². The Morgan fingerprint density at radius 2 is 1.33 bits per heavy atom. The van der Waals surface area contributed by atoms with Gasteiger partial charge < -0.3 is 0 Å². The van der Waals surface area contributed by atoms with E-state index < -0.39 is 11.8 Å². The Morgan fingerprint density at radius 1 is 1.00 bits per heavy atom. The lowest BCUT2D eigenvalue weighted by molar-refractivity contribution is -0.125. The van der Waals surface area contributed by atoms with Crippen molar-refractivity contribution in [3.8, 4) is 12.4 Å². The van der Waals surface area contributed by atoms with Crippen LogP contribution in [0.2, 0.25) is 0 Å². The summed E-state index contributed by atoms with van der Waals surface area (Å²) in [6, 6.07) is 0. The second kappa shape index (κ2) is 5.69. The van der Waals surface area contributed by atoms with Crippen molar-refractivity contribution in [1.29, 1.82) is 10.5 Å². The molecule has 0 spiro atoms. The maximum atomic E-state index is 10.6. The van der Waals surface area contributed by atoms with Gasteiger partial charge in [0.05, 0.1) is 0 Å². The standard InChI is InChI=1S/C6H6N4O2/c7-3-9-5(11)1-2-6(12)10-4-8/h1-2H2,(H,9,11)(H,10,12). The molecule has 0 aromatic rings. The molecule has 0 radical (unpaired) electrons. The van der Waals surface area contributed by atoms with Crippen LogP contribution in [0.3, 0.4) is 0 Å². The minimum absolute atomic E-state index is 0.0962. The van der Waals surface area contributed by atoms with Crippen LogP contribution in [-0.4, -0.2) is 11.8 Å². The minimum Gasteiger partial charge on any atom is -0.274 e. The molecule has 0 rings (SSSR count). The Bertz CT molecular complexity index is 232. The predicted octanol–water partition coefficient (Wildman–Crippen LogP) is -1.04. The molecular weight excluding hydrogens is 160 g/mol. The van der Waals surface area contributed by atoms with Crippen LogP contribution in [0.15, 0.2) is 0 Å². The molecule has 0 aliphatic rings. The maximum absolute atomic E-state index is 10.6. The molecule has 0 bridgehead atoms. The molecule has 0 saturated heterocycles. The lowest BCUT2D eigenvalue weighted by atomic mass is 10.3. The van der Waals surface area contributed by atoms with Crippen LogP contribution in [-0.2, 0) is 9.59 Å². The number of nitriles is 2. The first-order valence-electron chi connectivity index (χ1n) is 3.06. The Balaban J connectivity index is 3.57. The summed E-state index contributed by atoms with van der Waals surface area (Å²) in [4.78, 5) is 21.1. The highest BCUT2D eigenvalue weighted by molar-refractivity contribution is 5.84. The Labute approximate surface area is 68.8 Å². The molecule has 6 nitrogen and oxygen atoms in total. The highest BCUT2D eigenvalue weighted by Crippen LogP contribution is 1.87. The molecule has 0 atom stereocenters. The van der Waals surface area contributed by atoms with Crippen molar-refractivity contribution >= 4 is 11.8 Å². The molecule has 0 aliphatic heterocycles. The van der Waals surface area contributed by atoms with Crippen LogP contribution in [0.1, 0.15) is 12.8 Å². The predicted molar refractivity (Wildman–Crippen MR) is 36.7 cm³/mol. The smallest absolute Gasteiger partial charge is 0.233 e. The highest BCUT2D eigenvalue weighted by atomic mass is 16.2. The second-order valence-electron chi connectivity index (χ2n) is 1.82. The van der Waals surface area contributed by atoms with Gasteiger partial charge >= 0.3 is 0 Å². The molecular formula is C6H6N4O2. The van der Waals surface area contributed by atoms with Gasteiger partial charge in [0, 0.05) is 12.8 Å². The van der Waals surface area contributed by atoms with E-state index in [1.165, 1.54) is 12.4 Å². The van der Waals surface area contributed by atoms with E-state index in [0.29, 0.717) is 0 Å². The Kier molecular flexibility index (Phi) is 4.70. The zero-order valence-corrected chi connectivity index (χ0v) is 6.13. The van der Waals surface area contributed by atoms with Crippen molar-refractivity contribution in [3.63, 3.8) is 0 Å². The molecule has 0 heterocycles. The molecule has 2 N–H and O–H groups in total. The average molecular weight is 166 g/mol. The molecule has 0 aromatic carbocycles. The van der Waals surface area contributed by atoms with Crippen LogP contribution in [0.5, 0.6) is 0 Å². The van der Waals surface area contributed by atoms with Gasteiger partial charge in [0.2, 0.25) is 11.8 Å². The van der Waals surface area contributed by atoms with Gasteiger partial charge in [-0.3, -0.25) is 20.2 Å². The minimum atomic E-state index is -0.536. The summed E-state index contributed by atoms with van der Waals surface area (Å²) in [6.07, 6.45) is 2.66. The van der Waals surface area contributed by atoms with E-state index in [1.54, 1.807) is 0 Å². The molecule has 0 aromatic heterocycles. The van der Waals surface area contributed by atoms with Crippen molar-refractivity contribution in [2.24, 2.45) is 0 Å². The fraction of sp³-hybridized carbons (Fsp3) is 0.333. The third kappa shape index (κ3) is 4.77. The van der Waals surface area contributed by atoms with E-state index in [-0.39, 0.29) is 12.8 Å². The summed E-state index contributed by atoms with van der Waals surface area (Å²) < 4.78 is 0. The third-order valence-corrected chi connectivity index (χ3v) is 0.970. The van der Waals surface area contributed by atoms with Crippen molar-refractivity contribution in [2.75, 3.05) is 0 Å². The summed E-state index contributed by atoms with van der Waals surface area (Å²) >= 11 is 0. The molecule has 6 heteroatoms. The monoisotopic (exact) mass is 166 g/mol. The summed E-state index contributed by atoms with van der Waals surface area (Å²) in [5.74, 6) is -1.07. The lowest BCUT2D eigenvalue weighted by Gasteiger charge is -1.94. The van der Waals surface area contributed by atoms with Crippen LogP contribution in [0.4, 0.5) is 0 Å². The van der Waals surface area contributed by atoms with Crippen LogP contribution >= 0.6 is 0 Å². The van der Waals surface area contributed by atoms with E-state index in [2.05, 4.69) is 0 Å². The summed E-state index contributed by atoms with van der Waals surface area (Å²) in [6.45, 7) is 0. The Hall–Kier alpha value is -2.08. The number of amides is 2. The van der Waals surface area contributed by atoms with Crippen molar-refractivity contribution in [1.82, 2.24) is 10.6 Å². The number of rotatable bonds is 3. The summed E-state index contributed by atoms with van der Waals surface area (Å²) in [5.41, 5.74) is 0. The van der Waals surface area contributed by atoms with Gasteiger partial charge in [0.15, 0.2) is 12.4 Å². The average Bonchev–Trinajstić information content (AvgIpc) is 2.02. The fourth-order valence-electron chi connectivity index (χ4n) is 0.477. The number of hydrogen-bond acceptors (Lipinski definition) is 4. The van der Waals surface area contributed by atoms with E-state index in [0.717, 1.165) is 0 Å². The van der Waals surface area contributed by atoms with Gasteiger partial charge in [0.25, 0.3) is 0 Å². The van der Waals surface area contributed by atoms with Crippen molar-refractivity contribution in [2.45, 2.75) is 12.8 Å². The van der Waals surface area contributed by atoms with Gasteiger partial charge in [-0.05, 0) is 0 Å². The number of nitrogens with one attached hydrogen (secondary N) is 2. The first-order chi connectivity index (χ1) is 5.70. The summed E-state index contributed by atoms with van der Waals surface area (Å²) in [5, 5.41) is 19.6. The van der Waals surface area contributed by atoms with E-state index in [9.17, 15) is 9.59 Å². The zero-order chi connectivity index (χ0) is 9.40. The van der Waals surface area contributed by atoms with Gasteiger partial charge in [-0.25, -0.2) is 0 Å². The van der Waals surface area contributed by atoms with Gasteiger partial charge in [-0.1, -0.05) is 0 Å². The van der Waals surface area contributed by atoms with E-state index >= 15 is 0 Å². The van der Waals surface area contributed by atoms with Crippen LogP contribution in [0, 0.1) is 22.9 Å². The van der Waals surface area contributed by atoms with Crippen LogP contribution < -0.4 is 10.6 Å². The topological polar surface area (TPSA) is 106 Å². The fourth-order valence-corrected chi connectivity index (χ4v) is 0.477. The quantitative estimate of drug-likeness (QED) is 0.412. The molecule has 0 unspecified atom stereocenters. The highest BCUT2D eigenvalue weighted by Gasteiger charge is 2.04. The third-order valence-electron chi connectivity index (χ3n) is 0.970. The molecule has 62 valence electrons. The summed E-state index contributed by atoms with van der Waals surface area (Å²) in [7, 11) is 0. The molecule has 12 heavy (non-hydrogen) atoms. The van der Waals surface area contributed by atoms with E-state index in [1.807, 2.05) is 10.6 Å². The molecule has 0 fully saturated rings. The van der Waals surface area contributed by atoms with Crippen molar-refractivity contribution in [3.05, 3.63) is 0 Å². The first-order valence-corrected chi connectivity index (χ1v) is 3.06. The second-order valence-corrected chi connectivity index (χ2v) is 1.82. The number of carbonyl (C=O) groups is 2. The van der Waals surface area contributed by atoms with Gasteiger partial charge in [-0.2, -0.15) is 10.5 Å². The van der Waals surface area contributed by atoms with Gasteiger partial charge in [-0.15, -0.1) is 0 Å². The number of hydrogen-bond donors (Lipinski definition) is 2. The van der Waals surface area contributed by atoms with Gasteiger partial charge in [0.1, 0.15) is 0 Å². The van der Waals surface area contributed by atoms with E-state index in [4.69, 9.17) is 10.5 Å². The zero-order valence-electron chi connectivity index (χ0n) is 6.13.